The smallest absolute Gasteiger partial charge is 0.273 e. The van der Waals surface area contributed by atoms with Crippen LogP contribution in [0.25, 0.3) is 0 Å². The Balaban J connectivity index is 2.75. The zero-order chi connectivity index (χ0) is 14.4. The molecule has 0 fully saturated rings. The largest absolute Gasteiger partial charge is 0.398 e. The summed E-state index contributed by atoms with van der Waals surface area (Å²) < 4.78 is 1.94. The fourth-order valence-corrected chi connectivity index (χ4v) is 4.26. The van der Waals surface area contributed by atoms with Crippen molar-refractivity contribution in [2.75, 3.05) is 11.7 Å². The normalized spacial score (nSPS) is 17.1. The molecule has 1 aliphatic rings. The van der Waals surface area contributed by atoms with E-state index in [2.05, 4.69) is 30.9 Å². The molecule has 1 heterocycles. The second-order valence-electron chi connectivity index (χ2n) is 5.91. The highest BCUT2D eigenvalue weighted by molar-refractivity contribution is 6.87. The van der Waals surface area contributed by atoms with E-state index in [9.17, 15) is 4.79 Å². The Labute approximate surface area is 115 Å². The molecule has 102 valence electrons. The van der Waals surface area contributed by atoms with E-state index in [4.69, 9.17) is 4.84 Å². The maximum Gasteiger partial charge on any atom is 0.273 e. The molecule has 0 bridgehead atoms. The first-order valence-corrected chi connectivity index (χ1v) is 9.79. The first-order chi connectivity index (χ1) is 8.77. The zero-order valence-corrected chi connectivity index (χ0v) is 13.4. The number of nitrogens with zero attached hydrogens (tertiary/aromatic N) is 2. The third-order valence-corrected chi connectivity index (χ3v) is 4.95. The molecule has 1 aromatic carbocycles. The Morgan fingerprint density at radius 3 is 2.37 bits per heavy atom. The van der Waals surface area contributed by atoms with Crippen LogP contribution in [0.2, 0.25) is 19.6 Å². The summed E-state index contributed by atoms with van der Waals surface area (Å²) in [6.45, 7) is 10.5. The van der Waals surface area contributed by atoms with Gasteiger partial charge in [-0.1, -0.05) is 36.4 Å². The molecule has 0 aliphatic carbocycles. The lowest BCUT2D eigenvalue weighted by atomic mass is 10.0. The molecule has 0 saturated heterocycles. The topological polar surface area (TPSA) is 41.9 Å². The van der Waals surface area contributed by atoms with E-state index in [1.165, 1.54) is 7.11 Å². The van der Waals surface area contributed by atoms with Crippen molar-refractivity contribution in [1.82, 2.24) is 0 Å². The molecule has 0 N–H and O–H groups in total. The van der Waals surface area contributed by atoms with Crippen LogP contribution < -0.4 is 4.57 Å². The number of carbonyl (C=O) groups is 1. The number of rotatable bonds is 2. The molecule has 1 aliphatic heterocycles. The molecule has 19 heavy (non-hydrogen) atoms. The molecule has 5 heteroatoms. The summed E-state index contributed by atoms with van der Waals surface area (Å²) in [6, 6.07) is 4.12. The fourth-order valence-electron chi connectivity index (χ4n) is 2.58. The van der Waals surface area contributed by atoms with E-state index >= 15 is 0 Å². The van der Waals surface area contributed by atoms with Crippen molar-refractivity contribution < 1.29 is 9.63 Å². The van der Waals surface area contributed by atoms with Gasteiger partial charge < -0.3 is 9.40 Å². The number of aryl methyl sites for hydroxylation is 2. The fraction of sp³-hybridized carbons (Fsp3) is 0.429. The van der Waals surface area contributed by atoms with Gasteiger partial charge in [-0.05, 0) is 25.5 Å². The SMILES string of the molecule is CO/N=C1/C(=O)N([Si](C)(C)C)c2c(C)cc(C)cc21. The predicted octanol–water partition coefficient (Wildman–Crippen LogP) is 2.84. The van der Waals surface area contributed by atoms with Gasteiger partial charge in [-0.15, -0.1) is 0 Å². The zero-order valence-electron chi connectivity index (χ0n) is 12.4. The van der Waals surface area contributed by atoms with Gasteiger partial charge in [0.2, 0.25) is 0 Å². The number of carbonyl (C=O) groups excluding carboxylic acids is 1. The average molecular weight is 276 g/mol. The van der Waals surface area contributed by atoms with E-state index in [1.807, 2.05) is 24.5 Å². The van der Waals surface area contributed by atoms with Crippen molar-refractivity contribution >= 4 is 25.5 Å². The van der Waals surface area contributed by atoms with E-state index in [0.29, 0.717) is 5.71 Å². The summed E-state index contributed by atoms with van der Waals surface area (Å²) in [6.07, 6.45) is 0. The monoisotopic (exact) mass is 276 g/mol. The average Bonchev–Trinajstić information content (AvgIpc) is 2.53. The molecule has 0 unspecified atom stereocenters. The van der Waals surface area contributed by atoms with Crippen LogP contribution >= 0.6 is 0 Å². The lowest BCUT2D eigenvalue weighted by molar-refractivity contribution is -0.111. The van der Waals surface area contributed by atoms with Crippen LogP contribution in [0.15, 0.2) is 17.3 Å². The third-order valence-electron chi connectivity index (χ3n) is 3.18. The second-order valence-corrected chi connectivity index (χ2v) is 10.7. The quantitative estimate of drug-likeness (QED) is 0.615. The minimum atomic E-state index is -1.81. The van der Waals surface area contributed by atoms with Gasteiger partial charge in [0.25, 0.3) is 5.91 Å². The van der Waals surface area contributed by atoms with Crippen LogP contribution in [0.5, 0.6) is 0 Å². The summed E-state index contributed by atoms with van der Waals surface area (Å²) in [5.41, 5.74) is 4.57. The van der Waals surface area contributed by atoms with Crippen molar-refractivity contribution in [3.63, 3.8) is 0 Å². The van der Waals surface area contributed by atoms with Gasteiger partial charge in [0.05, 0.1) is 0 Å². The standard InChI is InChI=1S/C14H20N2O2Si/c1-9-7-10(2)13-11(8-9)12(15-18-3)14(17)16(13)19(4,5)6/h7-8H,1-6H3/b15-12+. The first-order valence-electron chi connectivity index (χ1n) is 6.34. The number of hydrogen-bond acceptors (Lipinski definition) is 3. The lowest BCUT2D eigenvalue weighted by Crippen LogP contribution is -2.49. The van der Waals surface area contributed by atoms with Crippen molar-refractivity contribution in [3.05, 3.63) is 28.8 Å². The van der Waals surface area contributed by atoms with Gasteiger partial charge in [-0.3, -0.25) is 4.79 Å². The Hall–Kier alpha value is -1.62. The van der Waals surface area contributed by atoms with E-state index in [0.717, 1.165) is 22.4 Å². The van der Waals surface area contributed by atoms with Gasteiger partial charge in [-0.25, -0.2) is 0 Å². The number of fused-ring (bicyclic) bond motifs is 1. The summed E-state index contributed by atoms with van der Waals surface area (Å²) in [5.74, 6) is -0.0373. The molecule has 1 aromatic rings. The highest BCUT2D eigenvalue weighted by Crippen LogP contribution is 2.37. The Morgan fingerprint density at radius 2 is 1.84 bits per heavy atom. The Kier molecular flexibility index (Phi) is 3.26. The van der Waals surface area contributed by atoms with Gasteiger partial charge in [0, 0.05) is 11.3 Å². The highest BCUT2D eigenvalue weighted by Gasteiger charge is 2.42. The number of oxime groups is 1. The van der Waals surface area contributed by atoms with Gasteiger partial charge in [-0.2, -0.15) is 0 Å². The van der Waals surface area contributed by atoms with E-state index in [1.54, 1.807) is 0 Å². The minimum Gasteiger partial charge on any atom is -0.398 e. The summed E-state index contributed by atoms with van der Waals surface area (Å²) in [4.78, 5) is 17.5. The second kappa shape index (κ2) is 4.49. The molecule has 0 atom stereocenters. The van der Waals surface area contributed by atoms with Crippen LogP contribution in [0, 0.1) is 13.8 Å². The van der Waals surface area contributed by atoms with Crippen LogP contribution in [0.3, 0.4) is 0 Å². The minimum absolute atomic E-state index is 0.0373. The molecule has 0 aromatic heterocycles. The molecule has 0 saturated carbocycles. The molecular weight excluding hydrogens is 256 g/mol. The van der Waals surface area contributed by atoms with Crippen molar-refractivity contribution in [2.45, 2.75) is 33.5 Å². The van der Waals surface area contributed by atoms with Crippen molar-refractivity contribution in [1.29, 1.82) is 0 Å². The third kappa shape index (κ3) is 2.18. The lowest BCUT2D eigenvalue weighted by Gasteiger charge is -2.31. The highest BCUT2D eigenvalue weighted by atomic mass is 28.3. The van der Waals surface area contributed by atoms with E-state index < -0.39 is 8.24 Å². The van der Waals surface area contributed by atoms with Crippen LogP contribution in [-0.4, -0.2) is 27.0 Å². The van der Waals surface area contributed by atoms with Gasteiger partial charge in [0.1, 0.15) is 7.11 Å². The Bertz CT molecular complexity index is 574. The summed E-state index contributed by atoms with van der Waals surface area (Å²) in [5, 5.41) is 3.94. The number of anilines is 1. The van der Waals surface area contributed by atoms with Crippen LogP contribution in [-0.2, 0) is 9.63 Å². The number of benzene rings is 1. The maximum absolute atomic E-state index is 12.6. The van der Waals surface area contributed by atoms with Crippen LogP contribution in [0.1, 0.15) is 16.7 Å². The van der Waals surface area contributed by atoms with E-state index in [-0.39, 0.29) is 5.91 Å². The molecule has 0 spiro atoms. The van der Waals surface area contributed by atoms with Crippen molar-refractivity contribution in [3.8, 4) is 0 Å². The van der Waals surface area contributed by atoms with Crippen molar-refractivity contribution in [2.24, 2.45) is 5.16 Å². The summed E-state index contributed by atoms with van der Waals surface area (Å²) >= 11 is 0. The van der Waals surface area contributed by atoms with Gasteiger partial charge in [0.15, 0.2) is 13.9 Å². The molecular formula is C14H20N2O2Si. The first kappa shape index (κ1) is 13.8. The molecule has 2 rings (SSSR count). The molecule has 1 amide bonds. The molecule has 0 radical (unpaired) electrons. The Morgan fingerprint density at radius 1 is 1.21 bits per heavy atom. The predicted molar refractivity (Wildman–Crippen MR) is 80.3 cm³/mol. The number of amides is 1. The molecule has 4 nitrogen and oxygen atoms in total. The van der Waals surface area contributed by atoms with Crippen LogP contribution in [0.4, 0.5) is 5.69 Å². The number of hydrogen-bond donors (Lipinski definition) is 0. The maximum atomic E-state index is 12.6. The van der Waals surface area contributed by atoms with Gasteiger partial charge >= 0.3 is 0 Å². The summed E-state index contributed by atoms with van der Waals surface area (Å²) in [7, 11) is -0.339.